The van der Waals surface area contributed by atoms with E-state index in [-0.39, 0.29) is 18.0 Å². The number of methoxy groups -OCH3 is 2. The summed E-state index contributed by atoms with van der Waals surface area (Å²) in [5.74, 6) is 0.395. The second-order valence-corrected chi connectivity index (χ2v) is 7.31. The van der Waals surface area contributed by atoms with Gasteiger partial charge in [0.25, 0.3) is 0 Å². The van der Waals surface area contributed by atoms with Gasteiger partial charge >= 0.3 is 0 Å². The Labute approximate surface area is 130 Å². The van der Waals surface area contributed by atoms with E-state index in [4.69, 9.17) is 21.1 Å². The topological polar surface area (TPSA) is 55.8 Å². The molecule has 0 aromatic heterocycles. The molecule has 5 nitrogen and oxygen atoms in total. The van der Waals surface area contributed by atoms with Gasteiger partial charge in [0.1, 0.15) is 0 Å². The Bertz CT molecular complexity index is 549. The van der Waals surface area contributed by atoms with Crippen molar-refractivity contribution in [2.45, 2.75) is 23.8 Å². The lowest BCUT2D eigenvalue weighted by molar-refractivity contribution is -0.00461. The Balaban J connectivity index is 2.08. The second-order valence-electron chi connectivity index (χ2n) is 5.07. The number of ether oxygens (including phenoxy) is 2. The highest BCUT2D eigenvalue weighted by Crippen LogP contribution is 2.21. The van der Waals surface area contributed by atoms with Gasteiger partial charge in [-0.15, -0.1) is 11.6 Å². The van der Waals surface area contributed by atoms with Crippen molar-refractivity contribution in [2.24, 2.45) is 0 Å². The molecule has 2 unspecified atom stereocenters. The van der Waals surface area contributed by atoms with Crippen molar-refractivity contribution >= 4 is 21.6 Å². The number of nitrogens with zero attached hydrogens (tertiary/aromatic N) is 1. The average molecular weight is 334 g/mol. The predicted molar refractivity (Wildman–Crippen MR) is 81.8 cm³/mol. The van der Waals surface area contributed by atoms with Gasteiger partial charge < -0.3 is 9.47 Å². The lowest BCUT2D eigenvalue weighted by Crippen LogP contribution is -2.31. The summed E-state index contributed by atoms with van der Waals surface area (Å²) < 4.78 is 36.9. The van der Waals surface area contributed by atoms with Crippen LogP contribution in [0.3, 0.4) is 0 Å². The average Bonchev–Trinajstić information content (AvgIpc) is 2.92. The van der Waals surface area contributed by atoms with Crippen LogP contribution in [-0.4, -0.2) is 52.2 Å². The maximum atomic E-state index is 12.5. The molecule has 1 saturated heterocycles. The van der Waals surface area contributed by atoms with E-state index in [9.17, 15) is 8.42 Å². The van der Waals surface area contributed by atoms with Crippen LogP contribution in [0.15, 0.2) is 24.3 Å². The molecule has 0 saturated carbocycles. The number of alkyl halides is 1. The fourth-order valence-electron chi connectivity index (χ4n) is 2.42. The fraction of sp³-hybridized carbons (Fsp3) is 0.571. The molecule has 2 atom stereocenters. The highest BCUT2D eigenvalue weighted by molar-refractivity contribution is 7.88. The Morgan fingerprint density at radius 2 is 1.57 bits per heavy atom. The van der Waals surface area contributed by atoms with Crippen molar-refractivity contribution in [1.29, 1.82) is 0 Å². The number of benzene rings is 1. The van der Waals surface area contributed by atoms with E-state index in [2.05, 4.69) is 0 Å². The van der Waals surface area contributed by atoms with Gasteiger partial charge in [0.2, 0.25) is 10.0 Å². The number of rotatable bonds is 6. The fourth-order valence-corrected chi connectivity index (χ4v) is 4.14. The first-order chi connectivity index (χ1) is 10.00. The van der Waals surface area contributed by atoms with E-state index >= 15 is 0 Å². The SMILES string of the molecule is COC1CN(S(=O)(=O)Cc2ccc(CCl)cc2)CC1OC. The third kappa shape index (κ3) is 3.96. The summed E-state index contributed by atoms with van der Waals surface area (Å²) in [7, 11) is -0.244. The summed E-state index contributed by atoms with van der Waals surface area (Å²) in [6.45, 7) is 0.661. The van der Waals surface area contributed by atoms with Crippen LogP contribution in [0.1, 0.15) is 11.1 Å². The molecule has 0 amide bonds. The zero-order valence-electron chi connectivity index (χ0n) is 12.2. The van der Waals surface area contributed by atoms with Crippen LogP contribution in [-0.2, 0) is 31.1 Å². The molecule has 1 aromatic rings. The van der Waals surface area contributed by atoms with Crippen LogP contribution in [0, 0.1) is 0 Å². The van der Waals surface area contributed by atoms with Gasteiger partial charge in [-0.3, -0.25) is 0 Å². The van der Waals surface area contributed by atoms with Gasteiger partial charge in [0.05, 0.1) is 18.0 Å². The minimum Gasteiger partial charge on any atom is -0.377 e. The molecule has 1 aliphatic heterocycles. The number of sulfonamides is 1. The third-order valence-electron chi connectivity index (χ3n) is 3.71. The number of hydrogen-bond donors (Lipinski definition) is 0. The summed E-state index contributed by atoms with van der Waals surface area (Å²) in [6.07, 6.45) is -0.438. The lowest BCUT2D eigenvalue weighted by atomic mass is 10.2. The molecule has 1 fully saturated rings. The van der Waals surface area contributed by atoms with Crippen LogP contribution in [0.2, 0.25) is 0 Å². The second kappa shape index (κ2) is 7.07. The molecule has 21 heavy (non-hydrogen) atoms. The summed E-state index contributed by atoms with van der Waals surface area (Å²) in [5, 5.41) is 0. The molecule has 1 aromatic carbocycles. The first kappa shape index (κ1) is 16.7. The molecule has 118 valence electrons. The highest BCUT2D eigenvalue weighted by atomic mass is 35.5. The molecule has 0 N–H and O–H groups in total. The molecule has 0 radical (unpaired) electrons. The van der Waals surface area contributed by atoms with E-state index in [0.717, 1.165) is 11.1 Å². The van der Waals surface area contributed by atoms with Gasteiger partial charge in [0, 0.05) is 33.2 Å². The Kier molecular flexibility index (Phi) is 5.62. The van der Waals surface area contributed by atoms with Gasteiger partial charge in [0.15, 0.2) is 0 Å². The van der Waals surface area contributed by atoms with Crippen molar-refractivity contribution in [3.05, 3.63) is 35.4 Å². The largest absolute Gasteiger partial charge is 0.377 e. The zero-order chi connectivity index (χ0) is 15.5. The van der Waals surface area contributed by atoms with Crippen molar-refractivity contribution in [3.8, 4) is 0 Å². The van der Waals surface area contributed by atoms with Gasteiger partial charge in [-0.2, -0.15) is 4.31 Å². The molecule has 1 heterocycles. The zero-order valence-corrected chi connectivity index (χ0v) is 13.7. The first-order valence-corrected chi connectivity index (χ1v) is 8.81. The van der Waals surface area contributed by atoms with E-state index in [0.29, 0.717) is 19.0 Å². The number of hydrogen-bond acceptors (Lipinski definition) is 4. The van der Waals surface area contributed by atoms with E-state index < -0.39 is 10.0 Å². The normalized spacial score (nSPS) is 23.6. The van der Waals surface area contributed by atoms with E-state index in [1.807, 2.05) is 12.1 Å². The minimum atomic E-state index is -3.38. The van der Waals surface area contributed by atoms with Crippen LogP contribution in [0.25, 0.3) is 0 Å². The first-order valence-electron chi connectivity index (χ1n) is 6.67. The van der Waals surface area contributed by atoms with Crippen molar-refractivity contribution in [1.82, 2.24) is 4.31 Å². The Hall–Kier alpha value is -0.660. The Morgan fingerprint density at radius 3 is 2.00 bits per heavy atom. The maximum absolute atomic E-state index is 12.5. The minimum absolute atomic E-state index is 0.0254. The standard InChI is InChI=1S/C14H20ClNO4S/c1-19-13-8-16(9-14(13)20-2)21(17,18)10-12-5-3-11(7-15)4-6-12/h3-6,13-14H,7-10H2,1-2H3. The molecular formula is C14H20ClNO4S. The molecule has 0 spiro atoms. The monoisotopic (exact) mass is 333 g/mol. The van der Waals surface area contributed by atoms with E-state index in [1.54, 1.807) is 26.4 Å². The predicted octanol–water partition coefficient (Wildman–Crippen LogP) is 1.60. The van der Waals surface area contributed by atoms with Gasteiger partial charge in [-0.1, -0.05) is 24.3 Å². The lowest BCUT2D eigenvalue weighted by Gasteiger charge is -2.16. The van der Waals surface area contributed by atoms with Crippen LogP contribution in [0.5, 0.6) is 0 Å². The quantitative estimate of drug-likeness (QED) is 0.742. The van der Waals surface area contributed by atoms with Crippen molar-refractivity contribution in [3.63, 3.8) is 0 Å². The molecule has 1 aliphatic rings. The molecule has 0 aliphatic carbocycles. The molecule has 2 rings (SSSR count). The third-order valence-corrected chi connectivity index (χ3v) is 5.80. The van der Waals surface area contributed by atoms with E-state index in [1.165, 1.54) is 4.31 Å². The number of halogens is 1. The Morgan fingerprint density at radius 1 is 1.10 bits per heavy atom. The summed E-state index contributed by atoms with van der Waals surface area (Å²) in [4.78, 5) is 0. The summed E-state index contributed by atoms with van der Waals surface area (Å²) in [6, 6.07) is 7.29. The smallest absolute Gasteiger partial charge is 0.218 e. The van der Waals surface area contributed by atoms with Crippen molar-refractivity contribution < 1.29 is 17.9 Å². The molecule has 7 heteroatoms. The highest BCUT2D eigenvalue weighted by Gasteiger charge is 2.38. The summed E-state index contributed by atoms with van der Waals surface area (Å²) >= 11 is 5.73. The van der Waals surface area contributed by atoms with Crippen LogP contribution >= 0.6 is 11.6 Å². The van der Waals surface area contributed by atoms with Gasteiger partial charge in [-0.25, -0.2) is 8.42 Å². The molecule has 0 bridgehead atoms. The molecular weight excluding hydrogens is 314 g/mol. The van der Waals surface area contributed by atoms with Crippen LogP contribution in [0.4, 0.5) is 0 Å². The van der Waals surface area contributed by atoms with Crippen LogP contribution < -0.4 is 0 Å². The van der Waals surface area contributed by atoms with Gasteiger partial charge in [-0.05, 0) is 11.1 Å². The summed E-state index contributed by atoms with van der Waals surface area (Å²) in [5.41, 5.74) is 1.72. The maximum Gasteiger partial charge on any atom is 0.218 e. The van der Waals surface area contributed by atoms with Crippen molar-refractivity contribution in [2.75, 3.05) is 27.3 Å².